The molecule has 3 aromatic rings. The molecule has 2 aromatic carbocycles. The molecular weight excluding hydrogens is 327 g/mol. The smallest absolute Gasteiger partial charge is 0.261 e. The van der Waals surface area contributed by atoms with Gasteiger partial charge in [-0.15, -0.1) is 0 Å². The number of rotatable bonds is 2. The van der Waals surface area contributed by atoms with Crippen LogP contribution >= 0.6 is 15.9 Å². The molecule has 0 amide bonds. The summed E-state index contributed by atoms with van der Waals surface area (Å²) in [7, 11) is 0. The van der Waals surface area contributed by atoms with Crippen LogP contribution in [0, 0.1) is 5.82 Å². The van der Waals surface area contributed by atoms with Crippen molar-refractivity contribution >= 4 is 15.9 Å². The largest absolute Gasteiger partial charge is 0.508 e. The zero-order valence-electron chi connectivity index (χ0n) is 10.0. The third-order valence-electron chi connectivity index (χ3n) is 2.71. The fourth-order valence-electron chi connectivity index (χ4n) is 1.76. The lowest BCUT2D eigenvalue weighted by atomic mass is 10.2. The van der Waals surface area contributed by atoms with Crippen molar-refractivity contribution in [2.45, 2.75) is 0 Å². The second kappa shape index (κ2) is 5.05. The first-order valence-electron chi connectivity index (χ1n) is 5.72. The lowest BCUT2D eigenvalue weighted by Crippen LogP contribution is -1.86. The van der Waals surface area contributed by atoms with Gasteiger partial charge >= 0.3 is 0 Å². The Labute approximate surface area is 122 Å². The van der Waals surface area contributed by atoms with Crippen molar-refractivity contribution in [3.8, 4) is 28.6 Å². The summed E-state index contributed by atoms with van der Waals surface area (Å²) in [6.45, 7) is 0. The summed E-state index contributed by atoms with van der Waals surface area (Å²) in [5, 5.41) is 13.2. The summed E-state index contributed by atoms with van der Waals surface area (Å²) in [4.78, 5) is 4.14. The Bertz CT molecular complexity index is 773. The van der Waals surface area contributed by atoms with Gasteiger partial charge in [0.1, 0.15) is 11.6 Å². The van der Waals surface area contributed by atoms with Gasteiger partial charge in [0.25, 0.3) is 5.89 Å². The predicted molar refractivity (Wildman–Crippen MR) is 74.5 cm³/mol. The maximum Gasteiger partial charge on any atom is 0.261 e. The molecule has 6 heteroatoms. The number of hydrogen-bond acceptors (Lipinski definition) is 4. The Hall–Kier alpha value is -2.21. The molecule has 0 aliphatic rings. The van der Waals surface area contributed by atoms with Crippen molar-refractivity contribution in [1.29, 1.82) is 0 Å². The molecule has 0 fully saturated rings. The molecule has 0 saturated heterocycles. The topological polar surface area (TPSA) is 59.2 Å². The molecule has 0 unspecified atom stereocenters. The van der Waals surface area contributed by atoms with Gasteiger partial charge < -0.3 is 9.63 Å². The van der Waals surface area contributed by atoms with Crippen molar-refractivity contribution in [2.75, 3.05) is 0 Å². The summed E-state index contributed by atoms with van der Waals surface area (Å²) in [5.41, 5.74) is 0.814. The van der Waals surface area contributed by atoms with E-state index in [1.165, 1.54) is 6.07 Å². The van der Waals surface area contributed by atoms with Crippen LogP contribution in [0.3, 0.4) is 0 Å². The molecular formula is C14H8BrFN2O2. The lowest BCUT2D eigenvalue weighted by Gasteiger charge is -1.98. The SMILES string of the molecule is Oc1cccc(-c2noc(-c3cccc(Br)c3F)n2)c1. The van der Waals surface area contributed by atoms with Crippen LogP contribution in [0.2, 0.25) is 0 Å². The van der Waals surface area contributed by atoms with Crippen LogP contribution in [0.25, 0.3) is 22.8 Å². The van der Waals surface area contributed by atoms with Crippen molar-refractivity contribution in [3.05, 3.63) is 52.8 Å². The summed E-state index contributed by atoms with van der Waals surface area (Å²) < 4.78 is 19.4. The molecule has 0 radical (unpaired) electrons. The number of phenols is 1. The average Bonchev–Trinajstić information content (AvgIpc) is 2.91. The van der Waals surface area contributed by atoms with Crippen LogP contribution in [0.1, 0.15) is 0 Å². The first kappa shape index (κ1) is 12.8. The highest BCUT2D eigenvalue weighted by molar-refractivity contribution is 9.10. The van der Waals surface area contributed by atoms with Gasteiger partial charge in [-0.1, -0.05) is 23.4 Å². The fraction of sp³-hybridized carbons (Fsp3) is 0. The predicted octanol–water partition coefficient (Wildman–Crippen LogP) is 4.01. The number of aromatic nitrogens is 2. The number of nitrogens with zero attached hydrogens (tertiary/aromatic N) is 2. The lowest BCUT2D eigenvalue weighted by molar-refractivity contribution is 0.429. The summed E-state index contributed by atoms with van der Waals surface area (Å²) in [6, 6.07) is 11.3. The van der Waals surface area contributed by atoms with Crippen molar-refractivity contribution in [3.63, 3.8) is 0 Å². The van der Waals surface area contributed by atoms with Crippen LogP contribution in [-0.4, -0.2) is 15.2 Å². The van der Waals surface area contributed by atoms with E-state index in [-0.39, 0.29) is 23.0 Å². The van der Waals surface area contributed by atoms with Gasteiger partial charge in [-0.05, 0) is 40.2 Å². The number of halogens is 2. The van der Waals surface area contributed by atoms with E-state index in [4.69, 9.17) is 4.52 Å². The third kappa shape index (κ3) is 2.30. The Morgan fingerprint density at radius 2 is 1.95 bits per heavy atom. The average molecular weight is 335 g/mol. The number of aromatic hydroxyl groups is 1. The number of hydrogen-bond donors (Lipinski definition) is 1. The molecule has 3 rings (SSSR count). The van der Waals surface area contributed by atoms with E-state index in [9.17, 15) is 9.50 Å². The molecule has 0 saturated carbocycles. The molecule has 0 spiro atoms. The second-order valence-electron chi connectivity index (χ2n) is 4.07. The molecule has 1 aromatic heterocycles. The van der Waals surface area contributed by atoms with Gasteiger partial charge in [-0.25, -0.2) is 4.39 Å². The Morgan fingerprint density at radius 3 is 2.75 bits per heavy atom. The highest BCUT2D eigenvalue weighted by atomic mass is 79.9. The van der Waals surface area contributed by atoms with Crippen LogP contribution in [0.4, 0.5) is 4.39 Å². The molecule has 0 bridgehead atoms. The van der Waals surface area contributed by atoms with E-state index in [1.807, 2.05) is 0 Å². The molecule has 0 atom stereocenters. The van der Waals surface area contributed by atoms with Gasteiger partial charge in [0.05, 0.1) is 10.0 Å². The van der Waals surface area contributed by atoms with Crippen LogP contribution in [0.15, 0.2) is 51.5 Å². The normalized spacial score (nSPS) is 10.7. The van der Waals surface area contributed by atoms with Gasteiger partial charge in [-0.2, -0.15) is 4.98 Å². The zero-order chi connectivity index (χ0) is 14.1. The van der Waals surface area contributed by atoms with Crippen LogP contribution < -0.4 is 0 Å². The first-order valence-corrected chi connectivity index (χ1v) is 6.52. The minimum absolute atomic E-state index is 0.0853. The zero-order valence-corrected chi connectivity index (χ0v) is 11.6. The molecule has 0 aliphatic carbocycles. The maximum atomic E-state index is 13.9. The Morgan fingerprint density at radius 1 is 1.15 bits per heavy atom. The minimum atomic E-state index is -0.460. The monoisotopic (exact) mass is 334 g/mol. The highest BCUT2D eigenvalue weighted by Gasteiger charge is 2.16. The van der Waals surface area contributed by atoms with Crippen molar-refractivity contribution < 1.29 is 14.0 Å². The molecule has 20 heavy (non-hydrogen) atoms. The van der Waals surface area contributed by atoms with E-state index in [2.05, 4.69) is 26.1 Å². The maximum absolute atomic E-state index is 13.9. The van der Waals surface area contributed by atoms with Gasteiger partial charge in [0.2, 0.25) is 5.82 Å². The van der Waals surface area contributed by atoms with Crippen molar-refractivity contribution in [1.82, 2.24) is 10.1 Å². The Balaban J connectivity index is 2.04. The van der Waals surface area contributed by atoms with Gasteiger partial charge in [0.15, 0.2) is 0 Å². The van der Waals surface area contributed by atoms with Gasteiger partial charge in [-0.3, -0.25) is 0 Å². The quantitative estimate of drug-likeness (QED) is 0.769. The standard InChI is InChI=1S/C14H8BrFN2O2/c15-11-6-2-5-10(12(11)16)14-17-13(18-20-14)8-3-1-4-9(19)7-8/h1-7,19H. The number of phenolic OH excluding ortho intramolecular Hbond substituents is 1. The van der Waals surface area contributed by atoms with Crippen LogP contribution in [0.5, 0.6) is 5.75 Å². The van der Waals surface area contributed by atoms with E-state index in [0.29, 0.717) is 10.0 Å². The van der Waals surface area contributed by atoms with Crippen LogP contribution in [-0.2, 0) is 0 Å². The molecule has 4 nitrogen and oxygen atoms in total. The van der Waals surface area contributed by atoms with Gasteiger partial charge in [0, 0.05) is 5.56 Å². The summed E-state index contributed by atoms with van der Waals surface area (Å²) >= 11 is 3.11. The summed E-state index contributed by atoms with van der Waals surface area (Å²) in [6.07, 6.45) is 0. The van der Waals surface area contributed by atoms with E-state index in [0.717, 1.165) is 0 Å². The van der Waals surface area contributed by atoms with E-state index < -0.39 is 5.82 Å². The Kier molecular flexibility index (Phi) is 3.23. The highest BCUT2D eigenvalue weighted by Crippen LogP contribution is 2.28. The first-order chi connectivity index (χ1) is 9.65. The molecule has 0 aliphatic heterocycles. The van der Waals surface area contributed by atoms with Crippen molar-refractivity contribution in [2.24, 2.45) is 0 Å². The minimum Gasteiger partial charge on any atom is -0.508 e. The van der Waals surface area contributed by atoms with E-state index >= 15 is 0 Å². The molecule has 1 heterocycles. The second-order valence-corrected chi connectivity index (χ2v) is 4.93. The number of benzene rings is 2. The summed E-state index contributed by atoms with van der Waals surface area (Å²) in [5.74, 6) is 0.0125. The molecule has 1 N–H and O–H groups in total. The van der Waals surface area contributed by atoms with E-state index in [1.54, 1.807) is 36.4 Å². The fourth-order valence-corrected chi connectivity index (χ4v) is 2.13. The molecule has 100 valence electrons. The third-order valence-corrected chi connectivity index (χ3v) is 3.32.